The van der Waals surface area contributed by atoms with Crippen LogP contribution >= 0.6 is 11.3 Å². The average molecular weight is 206 g/mol. The van der Waals surface area contributed by atoms with Crippen LogP contribution in [0.4, 0.5) is 0 Å². The maximum atomic E-state index is 4.57. The summed E-state index contributed by atoms with van der Waals surface area (Å²) in [6.45, 7) is 5.25. The maximum Gasteiger partial charge on any atom is 0.103 e. The number of aromatic nitrogens is 2. The zero-order chi connectivity index (χ0) is 9.97. The number of thiophene rings is 1. The van der Waals surface area contributed by atoms with E-state index in [1.807, 2.05) is 0 Å². The van der Waals surface area contributed by atoms with Gasteiger partial charge in [-0.05, 0) is 30.9 Å². The lowest BCUT2D eigenvalue weighted by molar-refractivity contribution is 0.628. The second-order valence-electron chi connectivity index (χ2n) is 3.17. The Morgan fingerprint density at radius 3 is 2.79 bits per heavy atom. The van der Waals surface area contributed by atoms with Crippen molar-refractivity contribution in [1.82, 2.24) is 9.78 Å². The number of hydrogen-bond acceptors (Lipinski definition) is 2. The number of nitrogens with zero attached hydrogens (tertiary/aromatic N) is 2. The Morgan fingerprint density at radius 2 is 2.29 bits per heavy atom. The Bertz CT molecular complexity index is 379. The largest absolute Gasteiger partial charge is 0.269 e. The van der Waals surface area contributed by atoms with Crippen molar-refractivity contribution in [3.8, 4) is 10.6 Å². The Kier molecular flexibility index (Phi) is 2.68. The molecule has 0 saturated carbocycles. The lowest BCUT2D eigenvalue weighted by Crippen LogP contribution is -2.00. The third kappa shape index (κ3) is 1.60. The van der Waals surface area contributed by atoms with Crippen molar-refractivity contribution in [2.75, 3.05) is 0 Å². The molecule has 0 spiro atoms. The number of hydrogen-bond donors (Lipinski definition) is 0. The van der Waals surface area contributed by atoms with Gasteiger partial charge in [-0.3, -0.25) is 4.68 Å². The zero-order valence-corrected chi connectivity index (χ0v) is 9.34. The Balaban J connectivity index is 2.41. The summed E-state index contributed by atoms with van der Waals surface area (Å²) >= 11 is 1.74. The fraction of sp³-hybridized carbons (Fsp3) is 0.364. The van der Waals surface area contributed by atoms with E-state index in [4.69, 9.17) is 0 Å². The normalized spacial score (nSPS) is 10.7. The molecular weight excluding hydrogens is 192 g/mol. The van der Waals surface area contributed by atoms with E-state index in [0.717, 1.165) is 18.7 Å². The molecule has 2 aromatic rings. The Labute approximate surface area is 88.2 Å². The first-order chi connectivity index (χ1) is 6.85. The molecule has 2 aromatic heterocycles. The van der Waals surface area contributed by atoms with Gasteiger partial charge in [0.15, 0.2) is 0 Å². The van der Waals surface area contributed by atoms with Gasteiger partial charge in [-0.2, -0.15) is 5.10 Å². The smallest absolute Gasteiger partial charge is 0.103 e. The summed E-state index contributed by atoms with van der Waals surface area (Å²) in [5.74, 6) is 0. The molecule has 0 fully saturated rings. The SMILES string of the molecule is CCc1cc(-c2cccs2)nn1CC. The van der Waals surface area contributed by atoms with Crippen molar-refractivity contribution in [3.05, 3.63) is 29.3 Å². The lowest BCUT2D eigenvalue weighted by atomic mass is 10.3. The van der Waals surface area contributed by atoms with Crippen LogP contribution in [0, 0.1) is 0 Å². The fourth-order valence-electron chi connectivity index (χ4n) is 1.56. The first kappa shape index (κ1) is 9.46. The molecule has 74 valence electrons. The van der Waals surface area contributed by atoms with Crippen LogP contribution in [0.3, 0.4) is 0 Å². The van der Waals surface area contributed by atoms with E-state index in [9.17, 15) is 0 Å². The minimum absolute atomic E-state index is 0.953. The number of aryl methyl sites for hydroxylation is 2. The van der Waals surface area contributed by atoms with Gasteiger partial charge in [0.1, 0.15) is 5.69 Å². The minimum atomic E-state index is 0.953. The molecule has 0 aromatic carbocycles. The Hall–Kier alpha value is -1.09. The zero-order valence-electron chi connectivity index (χ0n) is 8.53. The van der Waals surface area contributed by atoms with Crippen molar-refractivity contribution in [2.24, 2.45) is 0 Å². The van der Waals surface area contributed by atoms with E-state index < -0.39 is 0 Å². The van der Waals surface area contributed by atoms with E-state index in [1.165, 1.54) is 10.6 Å². The fourth-order valence-corrected chi connectivity index (χ4v) is 2.24. The first-order valence-corrected chi connectivity index (χ1v) is 5.83. The predicted molar refractivity (Wildman–Crippen MR) is 60.6 cm³/mol. The predicted octanol–water partition coefficient (Wildman–Crippen LogP) is 3.19. The molecule has 2 nitrogen and oxygen atoms in total. The van der Waals surface area contributed by atoms with Gasteiger partial charge >= 0.3 is 0 Å². The van der Waals surface area contributed by atoms with Gasteiger partial charge in [-0.15, -0.1) is 11.3 Å². The quantitative estimate of drug-likeness (QED) is 0.754. The molecule has 2 rings (SSSR count). The van der Waals surface area contributed by atoms with Gasteiger partial charge in [0.05, 0.1) is 4.88 Å². The van der Waals surface area contributed by atoms with Crippen molar-refractivity contribution in [2.45, 2.75) is 26.8 Å². The molecule has 14 heavy (non-hydrogen) atoms. The molecule has 3 heteroatoms. The van der Waals surface area contributed by atoms with E-state index in [1.54, 1.807) is 11.3 Å². The van der Waals surface area contributed by atoms with Crippen molar-refractivity contribution >= 4 is 11.3 Å². The van der Waals surface area contributed by atoms with Crippen LogP contribution in [0.2, 0.25) is 0 Å². The first-order valence-electron chi connectivity index (χ1n) is 4.95. The summed E-state index contributed by atoms with van der Waals surface area (Å²) in [6.07, 6.45) is 1.05. The molecule has 2 heterocycles. The van der Waals surface area contributed by atoms with Crippen molar-refractivity contribution in [1.29, 1.82) is 0 Å². The van der Waals surface area contributed by atoms with Crippen LogP contribution in [0.25, 0.3) is 10.6 Å². The third-order valence-electron chi connectivity index (χ3n) is 2.30. The summed E-state index contributed by atoms with van der Waals surface area (Å²) in [7, 11) is 0. The second-order valence-corrected chi connectivity index (χ2v) is 4.12. The van der Waals surface area contributed by atoms with Crippen molar-refractivity contribution < 1.29 is 0 Å². The molecule has 0 aliphatic rings. The minimum Gasteiger partial charge on any atom is -0.269 e. The van der Waals surface area contributed by atoms with Crippen LogP contribution in [-0.2, 0) is 13.0 Å². The summed E-state index contributed by atoms with van der Waals surface area (Å²) in [5, 5.41) is 6.66. The van der Waals surface area contributed by atoms with Gasteiger partial charge in [0.2, 0.25) is 0 Å². The summed E-state index contributed by atoms with van der Waals surface area (Å²) < 4.78 is 2.08. The van der Waals surface area contributed by atoms with E-state index in [0.29, 0.717) is 0 Å². The van der Waals surface area contributed by atoms with Gasteiger partial charge in [-0.1, -0.05) is 13.0 Å². The van der Waals surface area contributed by atoms with Crippen LogP contribution in [-0.4, -0.2) is 9.78 Å². The highest BCUT2D eigenvalue weighted by Crippen LogP contribution is 2.24. The highest BCUT2D eigenvalue weighted by Gasteiger charge is 2.07. The van der Waals surface area contributed by atoms with Crippen LogP contribution in [0.1, 0.15) is 19.5 Å². The van der Waals surface area contributed by atoms with Crippen LogP contribution in [0.15, 0.2) is 23.6 Å². The van der Waals surface area contributed by atoms with Crippen molar-refractivity contribution in [3.63, 3.8) is 0 Å². The van der Waals surface area contributed by atoms with E-state index in [-0.39, 0.29) is 0 Å². The van der Waals surface area contributed by atoms with Crippen LogP contribution < -0.4 is 0 Å². The number of rotatable bonds is 3. The third-order valence-corrected chi connectivity index (χ3v) is 3.19. The van der Waals surface area contributed by atoms with Crippen LogP contribution in [0.5, 0.6) is 0 Å². The van der Waals surface area contributed by atoms with Gasteiger partial charge in [0, 0.05) is 12.2 Å². The molecule has 0 N–H and O–H groups in total. The maximum absolute atomic E-state index is 4.57. The van der Waals surface area contributed by atoms with Gasteiger partial charge in [0.25, 0.3) is 0 Å². The topological polar surface area (TPSA) is 17.8 Å². The monoisotopic (exact) mass is 206 g/mol. The molecule has 0 radical (unpaired) electrons. The molecule has 0 atom stereocenters. The van der Waals surface area contributed by atoms with E-state index >= 15 is 0 Å². The summed E-state index contributed by atoms with van der Waals surface area (Å²) in [5.41, 5.74) is 2.43. The molecule has 0 aliphatic heterocycles. The lowest BCUT2D eigenvalue weighted by Gasteiger charge is -1.98. The molecule has 0 amide bonds. The molecule has 0 saturated heterocycles. The summed E-state index contributed by atoms with van der Waals surface area (Å²) in [6, 6.07) is 6.37. The molecular formula is C11H14N2S. The van der Waals surface area contributed by atoms with Gasteiger partial charge < -0.3 is 0 Å². The second kappa shape index (κ2) is 3.96. The van der Waals surface area contributed by atoms with Gasteiger partial charge in [-0.25, -0.2) is 0 Å². The Morgan fingerprint density at radius 1 is 1.43 bits per heavy atom. The standard InChI is InChI=1S/C11H14N2S/c1-3-9-8-10(12-13(9)4-2)11-6-5-7-14-11/h5-8H,3-4H2,1-2H3. The molecule has 0 bridgehead atoms. The highest BCUT2D eigenvalue weighted by molar-refractivity contribution is 7.13. The van der Waals surface area contributed by atoms with E-state index in [2.05, 4.69) is 47.2 Å². The average Bonchev–Trinajstić information content (AvgIpc) is 2.85. The highest BCUT2D eigenvalue weighted by atomic mass is 32.1. The molecule has 0 aliphatic carbocycles. The summed E-state index contributed by atoms with van der Waals surface area (Å²) in [4.78, 5) is 1.26. The molecule has 0 unspecified atom stereocenters.